The number of hydrogen-bond donors (Lipinski definition) is 3. The molecule has 24 heavy (non-hydrogen) atoms. The molecule has 1 heterocycles. The van der Waals surface area contributed by atoms with E-state index in [1.807, 2.05) is 41.8 Å². The van der Waals surface area contributed by atoms with Gasteiger partial charge in [0.1, 0.15) is 0 Å². The number of aromatic nitrogens is 1. The van der Waals surface area contributed by atoms with Gasteiger partial charge in [-0.1, -0.05) is 32.0 Å². The third-order valence-electron chi connectivity index (χ3n) is 5.25. The Kier molecular flexibility index (Phi) is 3.81. The van der Waals surface area contributed by atoms with E-state index in [9.17, 15) is 15.0 Å². The minimum atomic E-state index is -0.860. The van der Waals surface area contributed by atoms with Gasteiger partial charge in [-0.25, -0.2) is 0 Å². The number of carbonyl (C=O) groups excluding carboxylic acids is 1. The Morgan fingerprint density at radius 3 is 2.12 bits per heavy atom. The SMILES string of the molecule is CC1(C)CC(C)(C(N)=O)c2c1c(CO)n(-c1ccccc1)c2CO. The van der Waals surface area contributed by atoms with Crippen LogP contribution >= 0.6 is 0 Å². The van der Waals surface area contributed by atoms with Crippen molar-refractivity contribution in [3.63, 3.8) is 0 Å². The lowest BCUT2D eigenvalue weighted by atomic mass is 9.78. The first kappa shape index (κ1) is 16.7. The number of benzene rings is 1. The molecule has 1 unspecified atom stereocenters. The van der Waals surface area contributed by atoms with Crippen molar-refractivity contribution in [2.24, 2.45) is 5.73 Å². The fourth-order valence-electron chi connectivity index (χ4n) is 4.46. The quantitative estimate of drug-likeness (QED) is 0.801. The molecular formula is C19H24N2O3. The Morgan fingerprint density at radius 2 is 1.62 bits per heavy atom. The summed E-state index contributed by atoms with van der Waals surface area (Å²) in [6, 6.07) is 9.56. The molecule has 0 bridgehead atoms. The molecule has 1 atom stereocenters. The van der Waals surface area contributed by atoms with E-state index in [2.05, 4.69) is 13.8 Å². The highest BCUT2D eigenvalue weighted by Gasteiger charge is 2.53. The summed E-state index contributed by atoms with van der Waals surface area (Å²) < 4.78 is 1.87. The maximum atomic E-state index is 12.3. The van der Waals surface area contributed by atoms with Crippen LogP contribution in [0.15, 0.2) is 30.3 Å². The summed E-state index contributed by atoms with van der Waals surface area (Å²) in [4.78, 5) is 12.3. The molecule has 128 valence electrons. The smallest absolute Gasteiger partial charge is 0.227 e. The molecule has 5 nitrogen and oxygen atoms in total. The Hall–Kier alpha value is -2.11. The maximum Gasteiger partial charge on any atom is 0.227 e. The van der Waals surface area contributed by atoms with Crippen LogP contribution in [-0.4, -0.2) is 20.7 Å². The standard InChI is InChI=1S/C19H24N2O3/c1-18(2)11-19(3,17(20)24)16-14(10-23)21(13(9-22)15(16)18)12-7-5-4-6-8-12/h4-8,22-23H,9-11H2,1-3H3,(H2,20,24). The summed E-state index contributed by atoms with van der Waals surface area (Å²) in [5.41, 5.74) is 8.46. The molecular weight excluding hydrogens is 304 g/mol. The molecule has 0 aliphatic heterocycles. The minimum Gasteiger partial charge on any atom is -0.390 e. The van der Waals surface area contributed by atoms with Crippen molar-refractivity contribution in [2.45, 2.75) is 51.2 Å². The number of aliphatic hydroxyl groups is 2. The largest absolute Gasteiger partial charge is 0.390 e. The van der Waals surface area contributed by atoms with Crippen LogP contribution in [0.5, 0.6) is 0 Å². The molecule has 0 saturated heterocycles. The van der Waals surface area contributed by atoms with Crippen molar-refractivity contribution in [2.75, 3.05) is 0 Å². The summed E-state index contributed by atoms with van der Waals surface area (Å²) in [5.74, 6) is -0.404. The third-order valence-corrected chi connectivity index (χ3v) is 5.25. The van der Waals surface area contributed by atoms with Crippen LogP contribution in [0.3, 0.4) is 0 Å². The summed E-state index contributed by atoms with van der Waals surface area (Å²) >= 11 is 0. The van der Waals surface area contributed by atoms with Gasteiger partial charge in [-0.15, -0.1) is 0 Å². The number of amides is 1. The van der Waals surface area contributed by atoms with E-state index in [4.69, 9.17) is 5.73 Å². The van der Waals surface area contributed by atoms with E-state index in [0.717, 1.165) is 22.5 Å². The van der Waals surface area contributed by atoms with Gasteiger partial charge in [-0.3, -0.25) is 4.79 Å². The average molecular weight is 328 g/mol. The van der Waals surface area contributed by atoms with Crippen molar-refractivity contribution in [3.8, 4) is 5.69 Å². The van der Waals surface area contributed by atoms with Crippen LogP contribution in [-0.2, 0) is 28.8 Å². The molecule has 5 heteroatoms. The number of nitrogens with zero attached hydrogens (tertiary/aromatic N) is 1. The normalized spacial score (nSPS) is 21.7. The molecule has 1 aromatic carbocycles. The van der Waals surface area contributed by atoms with Crippen LogP contribution in [0.1, 0.15) is 49.7 Å². The Balaban J connectivity index is 2.43. The van der Waals surface area contributed by atoms with E-state index in [-0.39, 0.29) is 18.6 Å². The predicted octanol–water partition coefficient (Wildman–Crippen LogP) is 1.89. The van der Waals surface area contributed by atoms with Gasteiger partial charge < -0.3 is 20.5 Å². The lowest BCUT2D eigenvalue weighted by Crippen LogP contribution is -2.38. The molecule has 4 N–H and O–H groups in total. The predicted molar refractivity (Wildman–Crippen MR) is 91.8 cm³/mol. The van der Waals surface area contributed by atoms with Crippen molar-refractivity contribution in [1.82, 2.24) is 4.57 Å². The van der Waals surface area contributed by atoms with Crippen LogP contribution < -0.4 is 5.73 Å². The first-order valence-corrected chi connectivity index (χ1v) is 8.12. The van der Waals surface area contributed by atoms with E-state index >= 15 is 0 Å². The van der Waals surface area contributed by atoms with Crippen molar-refractivity contribution in [3.05, 3.63) is 52.8 Å². The number of nitrogens with two attached hydrogens (primary N) is 1. The highest BCUT2D eigenvalue weighted by Crippen LogP contribution is 2.53. The Labute approximate surface area is 141 Å². The number of primary amides is 1. The monoisotopic (exact) mass is 328 g/mol. The van der Waals surface area contributed by atoms with Gasteiger partial charge in [0.15, 0.2) is 0 Å². The van der Waals surface area contributed by atoms with E-state index < -0.39 is 11.3 Å². The third kappa shape index (κ3) is 2.12. The Bertz CT molecular complexity index is 793. The maximum absolute atomic E-state index is 12.3. The highest BCUT2D eigenvalue weighted by molar-refractivity contribution is 5.89. The zero-order valence-electron chi connectivity index (χ0n) is 14.3. The molecule has 1 aliphatic carbocycles. The van der Waals surface area contributed by atoms with Crippen molar-refractivity contribution < 1.29 is 15.0 Å². The first-order valence-electron chi connectivity index (χ1n) is 8.12. The average Bonchev–Trinajstić information content (AvgIpc) is 3.00. The van der Waals surface area contributed by atoms with Gasteiger partial charge in [0.2, 0.25) is 5.91 Å². The molecule has 0 saturated carbocycles. The number of hydrogen-bond acceptors (Lipinski definition) is 3. The number of rotatable bonds is 4. The summed E-state index contributed by atoms with van der Waals surface area (Å²) in [7, 11) is 0. The van der Waals surface area contributed by atoms with Crippen molar-refractivity contribution in [1.29, 1.82) is 0 Å². The van der Waals surface area contributed by atoms with E-state index in [1.54, 1.807) is 0 Å². The zero-order valence-corrected chi connectivity index (χ0v) is 14.3. The number of aliphatic hydroxyl groups excluding tert-OH is 2. The highest BCUT2D eigenvalue weighted by atomic mass is 16.3. The van der Waals surface area contributed by atoms with Gasteiger partial charge in [-0.05, 0) is 42.0 Å². The topological polar surface area (TPSA) is 88.5 Å². The molecule has 0 spiro atoms. The molecule has 1 amide bonds. The summed E-state index contributed by atoms with van der Waals surface area (Å²) in [6.07, 6.45) is 0.565. The Morgan fingerprint density at radius 1 is 1.08 bits per heavy atom. The van der Waals surface area contributed by atoms with Crippen molar-refractivity contribution >= 4 is 5.91 Å². The molecule has 2 aromatic rings. The fraction of sp³-hybridized carbons (Fsp3) is 0.421. The lowest BCUT2D eigenvalue weighted by Gasteiger charge is -2.27. The van der Waals surface area contributed by atoms with Gasteiger partial charge in [-0.2, -0.15) is 0 Å². The van der Waals surface area contributed by atoms with Gasteiger partial charge in [0.05, 0.1) is 30.0 Å². The second-order valence-corrected chi connectivity index (χ2v) is 7.39. The van der Waals surface area contributed by atoms with Crippen LogP contribution in [0, 0.1) is 0 Å². The second kappa shape index (κ2) is 5.46. The lowest BCUT2D eigenvalue weighted by molar-refractivity contribution is -0.123. The molecule has 1 aliphatic rings. The zero-order chi connectivity index (χ0) is 17.7. The molecule has 1 aromatic heterocycles. The number of carbonyl (C=O) groups is 1. The minimum absolute atomic E-state index is 0.171. The van der Waals surface area contributed by atoms with Gasteiger partial charge >= 0.3 is 0 Å². The van der Waals surface area contributed by atoms with E-state index in [0.29, 0.717) is 12.1 Å². The number of fused-ring (bicyclic) bond motifs is 1. The van der Waals surface area contributed by atoms with Crippen LogP contribution in [0.4, 0.5) is 0 Å². The fourth-order valence-corrected chi connectivity index (χ4v) is 4.46. The van der Waals surface area contributed by atoms with Crippen LogP contribution in [0.25, 0.3) is 5.69 Å². The number of para-hydroxylation sites is 1. The van der Waals surface area contributed by atoms with Crippen LogP contribution in [0.2, 0.25) is 0 Å². The molecule has 3 rings (SSSR count). The molecule has 0 radical (unpaired) electrons. The second-order valence-electron chi connectivity index (χ2n) is 7.39. The van der Waals surface area contributed by atoms with Gasteiger partial charge in [0.25, 0.3) is 0 Å². The molecule has 0 fully saturated rings. The van der Waals surface area contributed by atoms with E-state index in [1.165, 1.54) is 0 Å². The summed E-state index contributed by atoms with van der Waals surface area (Å²) in [6.45, 7) is 5.54. The summed E-state index contributed by atoms with van der Waals surface area (Å²) in [5, 5.41) is 20.2. The first-order chi connectivity index (χ1) is 11.3. The van der Waals surface area contributed by atoms with Gasteiger partial charge in [0, 0.05) is 5.69 Å².